The van der Waals surface area contributed by atoms with Crippen LogP contribution in [-0.2, 0) is 0 Å². The second kappa shape index (κ2) is 4.80. The molecule has 96 valence electrons. The van der Waals surface area contributed by atoms with Gasteiger partial charge in [0.2, 0.25) is 0 Å². The van der Waals surface area contributed by atoms with E-state index in [0.717, 1.165) is 34.0 Å². The number of rotatable bonds is 3. The average Bonchev–Trinajstić information content (AvgIpc) is 2.72. The van der Waals surface area contributed by atoms with Crippen molar-refractivity contribution in [2.75, 3.05) is 7.11 Å². The van der Waals surface area contributed by atoms with Gasteiger partial charge in [0, 0.05) is 17.3 Å². The standard InChI is InChI=1S/C14H18N2O2/c1-8(2)14-13(10(4)18-16-14)11-6-12(17-5)9(3)15-7-11/h6-8H,1-5H3. The molecule has 0 unspecified atom stereocenters. The number of aryl methyl sites for hydroxylation is 2. The minimum absolute atomic E-state index is 0.310. The molecule has 0 radical (unpaired) electrons. The molecular formula is C14H18N2O2. The lowest BCUT2D eigenvalue weighted by molar-refractivity contribution is 0.388. The van der Waals surface area contributed by atoms with E-state index in [1.54, 1.807) is 7.11 Å². The van der Waals surface area contributed by atoms with Crippen molar-refractivity contribution in [1.29, 1.82) is 0 Å². The summed E-state index contributed by atoms with van der Waals surface area (Å²) in [6.07, 6.45) is 1.84. The van der Waals surface area contributed by atoms with E-state index in [9.17, 15) is 0 Å². The van der Waals surface area contributed by atoms with E-state index in [1.165, 1.54) is 0 Å². The maximum absolute atomic E-state index is 5.31. The Hall–Kier alpha value is -1.84. The Bertz CT molecular complexity index is 559. The number of hydrogen-bond donors (Lipinski definition) is 0. The van der Waals surface area contributed by atoms with Crippen LogP contribution in [0.2, 0.25) is 0 Å². The molecule has 0 aliphatic rings. The maximum Gasteiger partial charge on any atom is 0.141 e. The molecule has 4 nitrogen and oxygen atoms in total. The van der Waals surface area contributed by atoms with Gasteiger partial charge in [-0.05, 0) is 25.8 Å². The summed E-state index contributed by atoms with van der Waals surface area (Å²) in [7, 11) is 1.65. The van der Waals surface area contributed by atoms with Gasteiger partial charge in [-0.25, -0.2) is 0 Å². The molecular weight excluding hydrogens is 228 g/mol. The molecule has 2 aromatic rings. The summed E-state index contributed by atoms with van der Waals surface area (Å²) in [6.45, 7) is 8.03. The lowest BCUT2D eigenvalue weighted by Crippen LogP contribution is -1.95. The van der Waals surface area contributed by atoms with Gasteiger partial charge < -0.3 is 9.26 Å². The van der Waals surface area contributed by atoms with Crippen molar-refractivity contribution in [1.82, 2.24) is 10.1 Å². The largest absolute Gasteiger partial charge is 0.495 e. The van der Waals surface area contributed by atoms with Crippen LogP contribution in [0, 0.1) is 13.8 Å². The molecule has 0 atom stereocenters. The second-order valence-corrected chi connectivity index (χ2v) is 4.67. The maximum atomic E-state index is 5.31. The minimum Gasteiger partial charge on any atom is -0.495 e. The summed E-state index contributed by atoms with van der Waals surface area (Å²) in [5.74, 6) is 1.90. The molecule has 0 bridgehead atoms. The zero-order valence-corrected chi connectivity index (χ0v) is 11.4. The highest BCUT2D eigenvalue weighted by Gasteiger charge is 2.18. The van der Waals surface area contributed by atoms with E-state index in [-0.39, 0.29) is 0 Å². The van der Waals surface area contributed by atoms with Crippen molar-refractivity contribution in [2.24, 2.45) is 0 Å². The van der Waals surface area contributed by atoms with Crippen molar-refractivity contribution >= 4 is 0 Å². The molecule has 0 saturated carbocycles. The summed E-state index contributed by atoms with van der Waals surface area (Å²) >= 11 is 0. The summed E-state index contributed by atoms with van der Waals surface area (Å²) in [6, 6.07) is 1.98. The molecule has 0 fully saturated rings. The lowest BCUT2D eigenvalue weighted by Gasteiger charge is -2.08. The van der Waals surface area contributed by atoms with Gasteiger partial charge in [-0.15, -0.1) is 0 Å². The zero-order valence-electron chi connectivity index (χ0n) is 11.4. The van der Waals surface area contributed by atoms with Gasteiger partial charge in [0.25, 0.3) is 0 Å². The van der Waals surface area contributed by atoms with E-state index in [1.807, 2.05) is 26.1 Å². The van der Waals surface area contributed by atoms with Crippen molar-refractivity contribution in [2.45, 2.75) is 33.6 Å². The van der Waals surface area contributed by atoms with Crippen LogP contribution in [0.5, 0.6) is 5.75 Å². The Balaban J connectivity index is 2.58. The fourth-order valence-electron chi connectivity index (χ4n) is 1.99. The third kappa shape index (κ3) is 2.10. The zero-order chi connectivity index (χ0) is 13.3. The number of ether oxygens (including phenoxy) is 1. The van der Waals surface area contributed by atoms with Crippen molar-refractivity contribution in [3.8, 4) is 16.9 Å². The third-order valence-electron chi connectivity index (χ3n) is 2.99. The van der Waals surface area contributed by atoms with Crippen molar-refractivity contribution in [3.63, 3.8) is 0 Å². The molecule has 0 saturated heterocycles. The quantitative estimate of drug-likeness (QED) is 0.831. The van der Waals surface area contributed by atoms with E-state index in [4.69, 9.17) is 9.26 Å². The van der Waals surface area contributed by atoms with Gasteiger partial charge in [-0.2, -0.15) is 0 Å². The molecule has 4 heteroatoms. The van der Waals surface area contributed by atoms with Crippen molar-refractivity contribution in [3.05, 3.63) is 29.4 Å². The summed E-state index contributed by atoms with van der Waals surface area (Å²) in [5, 5.41) is 4.13. The highest BCUT2D eigenvalue weighted by atomic mass is 16.5. The fourth-order valence-corrected chi connectivity index (χ4v) is 1.99. The predicted octanol–water partition coefficient (Wildman–Crippen LogP) is 3.49. The molecule has 0 amide bonds. The van der Waals surface area contributed by atoms with E-state index >= 15 is 0 Å². The SMILES string of the molecule is COc1cc(-c2c(C(C)C)noc2C)cnc1C. The van der Waals surface area contributed by atoms with Crippen LogP contribution in [-0.4, -0.2) is 17.3 Å². The molecule has 18 heavy (non-hydrogen) atoms. The van der Waals surface area contributed by atoms with Gasteiger partial charge in [0.1, 0.15) is 11.5 Å². The van der Waals surface area contributed by atoms with Crippen LogP contribution in [0.15, 0.2) is 16.8 Å². The number of aromatic nitrogens is 2. The third-order valence-corrected chi connectivity index (χ3v) is 2.99. The highest BCUT2D eigenvalue weighted by molar-refractivity contribution is 5.69. The minimum atomic E-state index is 0.310. The Morgan fingerprint density at radius 2 is 2.00 bits per heavy atom. The number of nitrogens with zero attached hydrogens (tertiary/aromatic N) is 2. The normalized spacial score (nSPS) is 11.0. The van der Waals surface area contributed by atoms with Gasteiger partial charge in [0.05, 0.1) is 18.5 Å². The Kier molecular flexibility index (Phi) is 3.36. The summed E-state index contributed by atoms with van der Waals surface area (Å²) in [5.41, 5.74) is 3.84. The molecule has 2 aromatic heterocycles. The van der Waals surface area contributed by atoms with Gasteiger partial charge >= 0.3 is 0 Å². The number of pyridine rings is 1. The van der Waals surface area contributed by atoms with Crippen LogP contribution in [0.1, 0.15) is 36.9 Å². The van der Waals surface area contributed by atoms with Crippen LogP contribution in [0.4, 0.5) is 0 Å². The highest BCUT2D eigenvalue weighted by Crippen LogP contribution is 2.33. The summed E-state index contributed by atoms with van der Waals surface area (Å²) < 4.78 is 10.6. The van der Waals surface area contributed by atoms with Crippen LogP contribution in [0.3, 0.4) is 0 Å². The van der Waals surface area contributed by atoms with Gasteiger partial charge in [-0.3, -0.25) is 4.98 Å². The fraction of sp³-hybridized carbons (Fsp3) is 0.429. The smallest absolute Gasteiger partial charge is 0.141 e. The monoisotopic (exact) mass is 246 g/mol. The second-order valence-electron chi connectivity index (χ2n) is 4.67. The average molecular weight is 246 g/mol. The number of methoxy groups -OCH3 is 1. The van der Waals surface area contributed by atoms with Gasteiger partial charge in [-0.1, -0.05) is 19.0 Å². The summed E-state index contributed by atoms with van der Waals surface area (Å²) in [4.78, 5) is 4.35. The van der Waals surface area contributed by atoms with Crippen LogP contribution in [0.25, 0.3) is 11.1 Å². The Morgan fingerprint density at radius 3 is 2.61 bits per heavy atom. The van der Waals surface area contributed by atoms with Crippen molar-refractivity contribution < 1.29 is 9.26 Å². The van der Waals surface area contributed by atoms with E-state index < -0.39 is 0 Å². The first kappa shape index (κ1) is 12.6. The molecule has 0 aliphatic heterocycles. The van der Waals surface area contributed by atoms with Gasteiger partial charge in [0.15, 0.2) is 0 Å². The number of hydrogen-bond acceptors (Lipinski definition) is 4. The Labute approximate surface area is 107 Å². The first-order valence-electron chi connectivity index (χ1n) is 6.01. The van der Waals surface area contributed by atoms with E-state index in [0.29, 0.717) is 5.92 Å². The molecule has 0 aliphatic carbocycles. The Morgan fingerprint density at radius 1 is 1.28 bits per heavy atom. The molecule has 2 heterocycles. The van der Waals surface area contributed by atoms with Crippen LogP contribution < -0.4 is 4.74 Å². The lowest BCUT2D eigenvalue weighted by atomic mass is 9.99. The molecule has 0 spiro atoms. The first-order valence-corrected chi connectivity index (χ1v) is 6.01. The molecule has 0 aromatic carbocycles. The first-order chi connectivity index (χ1) is 8.54. The predicted molar refractivity (Wildman–Crippen MR) is 69.8 cm³/mol. The molecule has 2 rings (SSSR count). The molecule has 0 N–H and O–H groups in total. The topological polar surface area (TPSA) is 48.2 Å². The van der Waals surface area contributed by atoms with Crippen LogP contribution >= 0.6 is 0 Å². The van der Waals surface area contributed by atoms with E-state index in [2.05, 4.69) is 24.0 Å².